The maximum atomic E-state index is 13.9. The molecular weight excluding hydrogens is 491 g/mol. The molecule has 1 N–H and O–H groups in total. The number of nitrogens with one attached hydrogen (secondary N) is 1. The van der Waals surface area contributed by atoms with E-state index >= 15 is 0 Å². The summed E-state index contributed by atoms with van der Waals surface area (Å²) < 4.78 is 0. The Labute approximate surface area is 224 Å². The number of aryl methyl sites for hydroxylation is 2. The van der Waals surface area contributed by atoms with E-state index in [2.05, 4.69) is 12.2 Å². The number of amides is 2. The molecule has 0 heterocycles. The van der Waals surface area contributed by atoms with Crippen molar-refractivity contribution in [3.05, 3.63) is 105 Å². The van der Waals surface area contributed by atoms with Crippen LogP contribution in [0.4, 0.5) is 0 Å². The number of carbonyl (C=O) groups is 2. The molecule has 0 aliphatic rings. The van der Waals surface area contributed by atoms with Crippen LogP contribution in [0.5, 0.6) is 0 Å². The highest BCUT2D eigenvalue weighted by Crippen LogP contribution is 2.27. The Morgan fingerprint density at radius 2 is 1.58 bits per heavy atom. The molecule has 0 radical (unpaired) electrons. The zero-order valence-electron chi connectivity index (χ0n) is 21.2. The lowest BCUT2D eigenvalue weighted by Gasteiger charge is -2.32. The van der Waals surface area contributed by atoms with Crippen LogP contribution < -0.4 is 5.32 Å². The van der Waals surface area contributed by atoms with Gasteiger partial charge in [0, 0.05) is 35.1 Å². The van der Waals surface area contributed by atoms with Gasteiger partial charge in [0.2, 0.25) is 11.8 Å². The summed E-state index contributed by atoms with van der Waals surface area (Å²) in [4.78, 5) is 29.0. The maximum absolute atomic E-state index is 13.9. The van der Waals surface area contributed by atoms with Gasteiger partial charge in [-0.2, -0.15) is 0 Å². The van der Waals surface area contributed by atoms with Gasteiger partial charge in [0.15, 0.2) is 0 Å². The van der Waals surface area contributed by atoms with Crippen LogP contribution in [0.3, 0.4) is 0 Å². The highest BCUT2D eigenvalue weighted by atomic mass is 35.5. The van der Waals surface area contributed by atoms with E-state index in [1.807, 2.05) is 62.4 Å². The van der Waals surface area contributed by atoms with Crippen molar-refractivity contribution in [2.24, 2.45) is 0 Å². The number of benzene rings is 3. The molecule has 190 valence electrons. The summed E-state index contributed by atoms with van der Waals surface area (Å²) >= 11 is 13.0. The van der Waals surface area contributed by atoms with Gasteiger partial charge < -0.3 is 10.2 Å². The Morgan fingerprint density at radius 3 is 2.22 bits per heavy atom. The van der Waals surface area contributed by atoms with Gasteiger partial charge in [-0.25, -0.2) is 0 Å². The molecule has 6 heteroatoms. The molecule has 0 aliphatic carbocycles. The molecular formula is C30H34Cl2N2O2. The molecule has 0 bridgehead atoms. The third-order valence-corrected chi connectivity index (χ3v) is 7.13. The van der Waals surface area contributed by atoms with Gasteiger partial charge in [-0.1, -0.05) is 91.1 Å². The molecule has 1 atom stereocenters. The normalized spacial score (nSPS) is 11.7. The minimum absolute atomic E-state index is 0.140. The van der Waals surface area contributed by atoms with Crippen molar-refractivity contribution < 1.29 is 9.59 Å². The lowest BCUT2D eigenvalue weighted by atomic mass is 10.00. The Balaban J connectivity index is 2.00. The molecule has 3 aromatic carbocycles. The third-order valence-electron chi connectivity index (χ3n) is 6.42. The number of hydrogen-bond acceptors (Lipinski definition) is 2. The monoisotopic (exact) mass is 524 g/mol. The zero-order chi connectivity index (χ0) is 26.1. The van der Waals surface area contributed by atoms with Gasteiger partial charge in [0.05, 0.1) is 6.42 Å². The lowest BCUT2D eigenvalue weighted by Crippen LogP contribution is -2.51. The van der Waals surface area contributed by atoms with Crippen LogP contribution in [0.2, 0.25) is 10.0 Å². The molecule has 36 heavy (non-hydrogen) atoms. The number of halogens is 2. The minimum atomic E-state index is -0.712. The van der Waals surface area contributed by atoms with Crippen molar-refractivity contribution in [2.45, 2.75) is 59.0 Å². The average Bonchev–Trinajstić information content (AvgIpc) is 2.86. The first-order chi connectivity index (χ1) is 17.3. The topological polar surface area (TPSA) is 49.4 Å². The molecule has 0 saturated heterocycles. The van der Waals surface area contributed by atoms with E-state index in [9.17, 15) is 9.59 Å². The SMILES string of the molecule is CCCCNC(=O)[C@@H](Cc1ccccc1)N(Cc1c(Cl)cccc1Cl)C(=O)Cc1ccc(C)c(C)c1. The zero-order valence-corrected chi connectivity index (χ0v) is 22.7. The Bertz CT molecular complexity index is 1160. The summed E-state index contributed by atoms with van der Waals surface area (Å²) in [7, 11) is 0. The van der Waals surface area contributed by atoms with Crippen LogP contribution in [0, 0.1) is 13.8 Å². The second-order valence-corrected chi connectivity index (χ2v) is 9.98. The Hall–Kier alpha value is -2.82. The van der Waals surface area contributed by atoms with Crippen LogP contribution in [0.15, 0.2) is 66.7 Å². The number of nitrogens with zero attached hydrogens (tertiary/aromatic N) is 1. The largest absolute Gasteiger partial charge is 0.354 e. The van der Waals surface area contributed by atoms with Crippen LogP contribution in [0.1, 0.15) is 47.6 Å². The van der Waals surface area contributed by atoms with Crippen molar-refractivity contribution in [3.8, 4) is 0 Å². The lowest BCUT2D eigenvalue weighted by molar-refractivity contribution is -0.140. The van der Waals surface area contributed by atoms with Crippen molar-refractivity contribution >= 4 is 35.0 Å². The summed E-state index contributed by atoms with van der Waals surface area (Å²) in [6.45, 7) is 6.85. The van der Waals surface area contributed by atoms with E-state index in [0.717, 1.165) is 29.5 Å². The molecule has 2 amide bonds. The molecule has 0 aromatic heterocycles. The summed E-state index contributed by atoms with van der Waals surface area (Å²) in [5.41, 5.74) is 4.81. The predicted octanol–water partition coefficient (Wildman–Crippen LogP) is 6.71. The fraction of sp³-hybridized carbons (Fsp3) is 0.333. The first-order valence-corrected chi connectivity index (χ1v) is 13.2. The Kier molecular flexibility index (Phi) is 10.4. The summed E-state index contributed by atoms with van der Waals surface area (Å²) in [5, 5.41) is 3.97. The molecule has 0 aliphatic heterocycles. The van der Waals surface area contributed by atoms with E-state index < -0.39 is 6.04 Å². The minimum Gasteiger partial charge on any atom is -0.354 e. The first kappa shape index (κ1) is 27.8. The fourth-order valence-electron chi connectivity index (χ4n) is 4.10. The van der Waals surface area contributed by atoms with E-state index in [-0.39, 0.29) is 24.8 Å². The molecule has 0 spiro atoms. The molecule has 0 saturated carbocycles. The second-order valence-electron chi connectivity index (χ2n) is 9.17. The average molecular weight is 526 g/mol. The second kappa shape index (κ2) is 13.5. The molecule has 3 rings (SSSR count). The summed E-state index contributed by atoms with van der Waals surface area (Å²) in [5.74, 6) is -0.329. The van der Waals surface area contributed by atoms with Crippen LogP contribution >= 0.6 is 23.2 Å². The van der Waals surface area contributed by atoms with Gasteiger partial charge >= 0.3 is 0 Å². The standard InChI is InChI=1S/C30H34Cl2N2O2/c1-4-5-16-33-30(36)28(18-23-10-7-6-8-11-23)34(20-25-26(31)12-9-13-27(25)32)29(35)19-24-15-14-21(2)22(3)17-24/h6-15,17,28H,4-5,16,18-20H2,1-3H3,(H,33,36)/t28-/m1/s1. The maximum Gasteiger partial charge on any atom is 0.243 e. The number of carbonyl (C=O) groups excluding carboxylic acids is 2. The van der Waals surface area contributed by atoms with Crippen LogP contribution in [-0.2, 0) is 29.0 Å². The van der Waals surface area contributed by atoms with Crippen molar-refractivity contribution in [1.29, 1.82) is 0 Å². The highest BCUT2D eigenvalue weighted by Gasteiger charge is 2.31. The fourth-order valence-corrected chi connectivity index (χ4v) is 4.62. The van der Waals surface area contributed by atoms with Gasteiger partial charge in [-0.3, -0.25) is 9.59 Å². The van der Waals surface area contributed by atoms with E-state index in [1.54, 1.807) is 23.1 Å². The van der Waals surface area contributed by atoms with Gasteiger partial charge in [0.1, 0.15) is 6.04 Å². The van der Waals surface area contributed by atoms with E-state index in [1.165, 1.54) is 5.56 Å². The summed E-state index contributed by atoms with van der Waals surface area (Å²) in [6.07, 6.45) is 2.40. The molecule has 0 unspecified atom stereocenters. The highest BCUT2D eigenvalue weighted by molar-refractivity contribution is 6.36. The Morgan fingerprint density at radius 1 is 0.889 bits per heavy atom. The number of rotatable bonds is 11. The molecule has 0 fully saturated rings. The van der Waals surface area contributed by atoms with Crippen LogP contribution in [0.25, 0.3) is 0 Å². The van der Waals surface area contributed by atoms with Gasteiger partial charge in [-0.05, 0) is 54.7 Å². The quantitative estimate of drug-likeness (QED) is 0.283. The van der Waals surface area contributed by atoms with E-state index in [0.29, 0.717) is 28.6 Å². The smallest absolute Gasteiger partial charge is 0.243 e. The van der Waals surface area contributed by atoms with Crippen molar-refractivity contribution in [1.82, 2.24) is 10.2 Å². The van der Waals surface area contributed by atoms with Crippen molar-refractivity contribution in [3.63, 3.8) is 0 Å². The number of unbranched alkanes of at least 4 members (excludes halogenated alkanes) is 1. The first-order valence-electron chi connectivity index (χ1n) is 12.4. The van der Waals surface area contributed by atoms with Gasteiger partial charge in [0.25, 0.3) is 0 Å². The molecule has 4 nitrogen and oxygen atoms in total. The predicted molar refractivity (Wildman–Crippen MR) is 148 cm³/mol. The van der Waals surface area contributed by atoms with E-state index in [4.69, 9.17) is 23.2 Å². The van der Waals surface area contributed by atoms with Gasteiger partial charge in [-0.15, -0.1) is 0 Å². The molecule has 3 aromatic rings. The van der Waals surface area contributed by atoms with Crippen LogP contribution in [-0.4, -0.2) is 29.3 Å². The third kappa shape index (κ3) is 7.59. The summed E-state index contributed by atoms with van der Waals surface area (Å²) in [6, 6.07) is 20.3. The van der Waals surface area contributed by atoms with Crippen molar-refractivity contribution in [2.75, 3.05) is 6.54 Å². The number of hydrogen-bond donors (Lipinski definition) is 1.